The van der Waals surface area contributed by atoms with Gasteiger partial charge in [-0.3, -0.25) is 4.98 Å². The van der Waals surface area contributed by atoms with E-state index in [0.29, 0.717) is 12.3 Å². The van der Waals surface area contributed by atoms with Crippen molar-refractivity contribution >= 4 is 5.97 Å². The molecule has 0 aliphatic carbocycles. The van der Waals surface area contributed by atoms with E-state index in [1.54, 1.807) is 25.4 Å². The maximum atomic E-state index is 11.4. The Labute approximate surface area is 99.3 Å². The number of hydrogen-bond acceptors (Lipinski definition) is 4. The van der Waals surface area contributed by atoms with Gasteiger partial charge in [0.05, 0.1) is 12.3 Å². The van der Waals surface area contributed by atoms with Gasteiger partial charge in [-0.05, 0) is 31.2 Å². The average molecular weight is 228 g/mol. The molecule has 0 atom stereocenters. The van der Waals surface area contributed by atoms with Gasteiger partial charge < -0.3 is 4.74 Å². The first kappa shape index (κ1) is 11.3. The van der Waals surface area contributed by atoms with E-state index < -0.39 is 5.97 Å². The Morgan fingerprint density at radius 2 is 2.12 bits per heavy atom. The lowest BCUT2D eigenvalue weighted by Gasteiger charge is -2.02. The SMILES string of the molecule is CCOC(=O)c1ccc(-c2ccccn2)cn1. The van der Waals surface area contributed by atoms with Gasteiger partial charge in [0.25, 0.3) is 0 Å². The molecule has 86 valence electrons. The summed E-state index contributed by atoms with van der Waals surface area (Å²) in [6, 6.07) is 9.09. The molecular formula is C13H12N2O2. The fourth-order valence-corrected chi connectivity index (χ4v) is 1.40. The van der Waals surface area contributed by atoms with Gasteiger partial charge in [-0.25, -0.2) is 9.78 Å². The number of nitrogens with zero attached hydrogens (tertiary/aromatic N) is 2. The van der Waals surface area contributed by atoms with Crippen molar-refractivity contribution in [2.45, 2.75) is 6.92 Å². The standard InChI is InChI=1S/C13H12N2O2/c1-2-17-13(16)12-7-6-10(9-15-12)11-5-3-4-8-14-11/h3-9H,2H2,1H3. The van der Waals surface area contributed by atoms with Crippen LogP contribution in [0.15, 0.2) is 42.7 Å². The number of pyridine rings is 2. The first-order valence-electron chi connectivity index (χ1n) is 5.36. The van der Waals surface area contributed by atoms with Crippen molar-refractivity contribution in [2.75, 3.05) is 6.61 Å². The molecule has 0 unspecified atom stereocenters. The first-order chi connectivity index (χ1) is 8.31. The minimum Gasteiger partial charge on any atom is -0.461 e. The molecule has 0 radical (unpaired) electrons. The third-order valence-electron chi connectivity index (χ3n) is 2.21. The van der Waals surface area contributed by atoms with Gasteiger partial charge in [-0.2, -0.15) is 0 Å². The summed E-state index contributed by atoms with van der Waals surface area (Å²) >= 11 is 0. The van der Waals surface area contributed by atoms with Crippen LogP contribution >= 0.6 is 0 Å². The van der Waals surface area contributed by atoms with Crippen molar-refractivity contribution in [1.29, 1.82) is 0 Å². The molecular weight excluding hydrogens is 216 g/mol. The second-order valence-corrected chi connectivity index (χ2v) is 3.37. The molecule has 2 rings (SSSR count). The van der Waals surface area contributed by atoms with Gasteiger partial charge in [-0.15, -0.1) is 0 Å². The Hall–Kier alpha value is -2.23. The molecule has 0 aliphatic heterocycles. The molecule has 0 fully saturated rings. The molecule has 0 saturated carbocycles. The summed E-state index contributed by atoms with van der Waals surface area (Å²) in [4.78, 5) is 19.7. The maximum absolute atomic E-state index is 11.4. The highest BCUT2D eigenvalue weighted by molar-refractivity contribution is 5.87. The number of hydrogen-bond donors (Lipinski definition) is 0. The number of carbonyl (C=O) groups excluding carboxylic acids is 1. The molecule has 2 heterocycles. The number of esters is 1. The van der Waals surface area contributed by atoms with Crippen LogP contribution in [0, 0.1) is 0 Å². The third-order valence-corrected chi connectivity index (χ3v) is 2.21. The topological polar surface area (TPSA) is 52.1 Å². The average Bonchev–Trinajstić information content (AvgIpc) is 2.40. The van der Waals surface area contributed by atoms with Crippen molar-refractivity contribution in [1.82, 2.24) is 9.97 Å². The quantitative estimate of drug-likeness (QED) is 0.756. The lowest BCUT2D eigenvalue weighted by Crippen LogP contribution is -2.06. The van der Waals surface area contributed by atoms with Gasteiger partial charge in [0.1, 0.15) is 5.69 Å². The summed E-state index contributed by atoms with van der Waals surface area (Å²) < 4.78 is 4.86. The summed E-state index contributed by atoms with van der Waals surface area (Å²) in [5.74, 6) is -0.403. The predicted octanol–water partition coefficient (Wildman–Crippen LogP) is 2.32. The summed E-state index contributed by atoms with van der Waals surface area (Å²) in [7, 11) is 0. The highest BCUT2D eigenvalue weighted by Crippen LogP contribution is 2.15. The second-order valence-electron chi connectivity index (χ2n) is 3.37. The van der Waals surface area contributed by atoms with Crippen LogP contribution in [0.2, 0.25) is 0 Å². The van der Waals surface area contributed by atoms with Gasteiger partial charge in [0, 0.05) is 18.0 Å². The van der Waals surface area contributed by atoms with E-state index in [1.807, 2.05) is 24.3 Å². The van der Waals surface area contributed by atoms with Gasteiger partial charge in [0.15, 0.2) is 0 Å². The Morgan fingerprint density at radius 1 is 1.24 bits per heavy atom. The Morgan fingerprint density at radius 3 is 2.71 bits per heavy atom. The zero-order chi connectivity index (χ0) is 12.1. The Balaban J connectivity index is 2.22. The molecule has 0 bridgehead atoms. The molecule has 0 amide bonds. The van der Waals surface area contributed by atoms with Crippen LogP contribution in [0.25, 0.3) is 11.3 Å². The van der Waals surface area contributed by atoms with Crippen LogP contribution in [0.4, 0.5) is 0 Å². The minimum absolute atomic E-state index is 0.312. The summed E-state index contributed by atoms with van der Waals surface area (Å²) in [5, 5.41) is 0. The zero-order valence-electron chi connectivity index (χ0n) is 9.46. The Bertz CT molecular complexity index is 495. The largest absolute Gasteiger partial charge is 0.461 e. The fourth-order valence-electron chi connectivity index (χ4n) is 1.40. The predicted molar refractivity (Wildman–Crippen MR) is 63.4 cm³/mol. The van der Waals surface area contributed by atoms with E-state index in [-0.39, 0.29) is 0 Å². The molecule has 0 spiro atoms. The molecule has 4 heteroatoms. The van der Waals surface area contributed by atoms with E-state index in [0.717, 1.165) is 11.3 Å². The van der Waals surface area contributed by atoms with Crippen molar-refractivity contribution in [2.24, 2.45) is 0 Å². The smallest absolute Gasteiger partial charge is 0.356 e. The zero-order valence-corrected chi connectivity index (χ0v) is 9.46. The second kappa shape index (κ2) is 5.21. The third kappa shape index (κ3) is 2.66. The molecule has 0 saturated heterocycles. The summed E-state index contributed by atoms with van der Waals surface area (Å²) in [6.07, 6.45) is 3.34. The van der Waals surface area contributed by atoms with E-state index in [4.69, 9.17) is 4.74 Å². The number of ether oxygens (including phenoxy) is 1. The first-order valence-corrected chi connectivity index (χ1v) is 5.36. The highest BCUT2D eigenvalue weighted by Gasteiger charge is 2.08. The van der Waals surface area contributed by atoms with Crippen molar-refractivity contribution in [3.8, 4) is 11.3 Å². The molecule has 2 aromatic rings. The normalized spacial score (nSPS) is 9.94. The van der Waals surface area contributed by atoms with Gasteiger partial charge in [0.2, 0.25) is 0 Å². The molecule has 17 heavy (non-hydrogen) atoms. The lowest BCUT2D eigenvalue weighted by molar-refractivity contribution is 0.0519. The Kier molecular flexibility index (Phi) is 3.45. The fraction of sp³-hybridized carbons (Fsp3) is 0.154. The monoisotopic (exact) mass is 228 g/mol. The van der Waals surface area contributed by atoms with Crippen molar-refractivity contribution < 1.29 is 9.53 Å². The van der Waals surface area contributed by atoms with E-state index in [2.05, 4.69) is 9.97 Å². The van der Waals surface area contributed by atoms with E-state index >= 15 is 0 Å². The van der Waals surface area contributed by atoms with Crippen LogP contribution in [-0.4, -0.2) is 22.5 Å². The van der Waals surface area contributed by atoms with Gasteiger partial charge in [-0.1, -0.05) is 6.07 Å². The van der Waals surface area contributed by atoms with Crippen molar-refractivity contribution in [3.05, 3.63) is 48.4 Å². The number of aromatic nitrogens is 2. The maximum Gasteiger partial charge on any atom is 0.356 e. The molecule has 0 aliphatic rings. The number of rotatable bonds is 3. The van der Waals surface area contributed by atoms with Crippen LogP contribution in [0.3, 0.4) is 0 Å². The van der Waals surface area contributed by atoms with Crippen LogP contribution < -0.4 is 0 Å². The van der Waals surface area contributed by atoms with E-state index in [1.165, 1.54) is 0 Å². The van der Waals surface area contributed by atoms with Gasteiger partial charge >= 0.3 is 5.97 Å². The molecule has 4 nitrogen and oxygen atoms in total. The van der Waals surface area contributed by atoms with Crippen LogP contribution in [-0.2, 0) is 4.74 Å². The molecule has 2 aromatic heterocycles. The minimum atomic E-state index is -0.403. The summed E-state index contributed by atoms with van der Waals surface area (Å²) in [5.41, 5.74) is 2.01. The van der Waals surface area contributed by atoms with Crippen LogP contribution in [0.5, 0.6) is 0 Å². The summed E-state index contributed by atoms with van der Waals surface area (Å²) in [6.45, 7) is 2.11. The highest BCUT2D eigenvalue weighted by atomic mass is 16.5. The lowest BCUT2D eigenvalue weighted by atomic mass is 10.2. The van der Waals surface area contributed by atoms with Crippen LogP contribution in [0.1, 0.15) is 17.4 Å². The number of carbonyl (C=O) groups is 1. The molecule has 0 N–H and O–H groups in total. The molecule has 0 aromatic carbocycles. The van der Waals surface area contributed by atoms with E-state index in [9.17, 15) is 4.79 Å². The van der Waals surface area contributed by atoms with Crippen molar-refractivity contribution in [3.63, 3.8) is 0 Å².